The Labute approximate surface area is 171 Å². The van der Waals surface area contributed by atoms with Gasteiger partial charge >= 0.3 is 0 Å². The van der Waals surface area contributed by atoms with Crippen LogP contribution in [0.25, 0.3) is 10.9 Å². The standard InChI is InChI=1S/C22H19FN4O3/c23-12-5-6-17-14(9-12)15-11-27(8-7-18(15)24-17)20(28)10-19-22(30)25-16-4-2-1-3-13(16)21(29)26-19/h1-6,9,19,24H,7-8,10-11H2,(H,25,30)(H,26,29)/t19-/m1/s1. The van der Waals surface area contributed by atoms with Crippen LogP contribution in [0.15, 0.2) is 42.5 Å². The minimum Gasteiger partial charge on any atom is -0.358 e. The fraction of sp³-hybridized carbons (Fsp3) is 0.227. The van der Waals surface area contributed by atoms with Crippen molar-refractivity contribution in [3.8, 4) is 0 Å². The summed E-state index contributed by atoms with van der Waals surface area (Å²) in [6.07, 6.45) is 0.476. The molecule has 0 radical (unpaired) electrons. The molecule has 1 atom stereocenters. The molecule has 2 aliphatic heterocycles. The molecule has 0 unspecified atom stereocenters. The van der Waals surface area contributed by atoms with Gasteiger partial charge in [0, 0.05) is 41.7 Å². The third kappa shape index (κ3) is 3.10. The number of H-pyrrole nitrogens is 1. The molecule has 5 rings (SSSR count). The Balaban J connectivity index is 1.34. The molecule has 0 bridgehead atoms. The molecule has 0 spiro atoms. The number of benzene rings is 2. The Hall–Kier alpha value is -3.68. The van der Waals surface area contributed by atoms with Gasteiger partial charge < -0.3 is 20.5 Å². The molecule has 8 heteroatoms. The van der Waals surface area contributed by atoms with Crippen molar-refractivity contribution in [1.29, 1.82) is 0 Å². The highest BCUT2D eigenvalue weighted by molar-refractivity contribution is 6.10. The number of carbonyl (C=O) groups is 3. The molecule has 0 fully saturated rings. The lowest BCUT2D eigenvalue weighted by Crippen LogP contribution is -2.46. The van der Waals surface area contributed by atoms with E-state index in [-0.39, 0.29) is 18.1 Å². The number of anilines is 1. The van der Waals surface area contributed by atoms with Crippen LogP contribution >= 0.6 is 0 Å². The van der Waals surface area contributed by atoms with Crippen LogP contribution in [0.1, 0.15) is 28.0 Å². The maximum atomic E-state index is 13.7. The van der Waals surface area contributed by atoms with E-state index in [2.05, 4.69) is 15.6 Å². The number of hydrogen-bond acceptors (Lipinski definition) is 3. The van der Waals surface area contributed by atoms with Crippen molar-refractivity contribution in [1.82, 2.24) is 15.2 Å². The quantitative estimate of drug-likeness (QED) is 0.610. The van der Waals surface area contributed by atoms with Gasteiger partial charge in [-0.25, -0.2) is 4.39 Å². The average Bonchev–Trinajstić information content (AvgIpc) is 3.04. The van der Waals surface area contributed by atoms with Crippen molar-refractivity contribution in [3.05, 3.63) is 65.1 Å². The molecule has 0 aliphatic carbocycles. The zero-order valence-electron chi connectivity index (χ0n) is 16.0. The topological polar surface area (TPSA) is 94.3 Å². The molecule has 3 aromatic rings. The number of carbonyl (C=O) groups excluding carboxylic acids is 3. The summed E-state index contributed by atoms with van der Waals surface area (Å²) < 4.78 is 13.7. The summed E-state index contributed by atoms with van der Waals surface area (Å²) in [5.41, 5.74) is 3.52. The SMILES string of the molecule is O=C1N[C@H](CC(=O)N2CCc3[nH]c4ccc(F)cc4c3C2)C(=O)Nc2ccccc21. The Morgan fingerprint density at radius 3 is 2.87 bits per heavy atom. The third-order valence-corrected chi connectivity index (χ3v) is 5.72. The first-order valence-corrected chi connectivity index (χ1v) is 9.77. The number of hydrogen-bond donors (Lipinski definition) is 3. The lowest BCUT2D eigenvalue weighted by atomic mass is 10.0. The van der Waals surface area contributed by atoms with Crippen LogP contribution in [-0.4, -0.2) is 40.2 Å². The number of halogens is 1. The highest BCUT2D eigenvalue weighted by Gasteiger charge is 2.32. The van der Waals surface area contributed by atoms with Crippen molar-refractivity contribution >= 4 is 34.3 Å². The number of rotatable bonds is 2. The van der Waals surface area contributed by atoms with Gasteiger partial charge in [-0.3, -0.25) is 14.4 Å². The van der Waals surface area contributed by atoms with Crippen LogP contribution in [-0.2, 0) is 22.6 Å². The summed E-state index contributed by atoms with van der Waals surface area (Å²) in [6, 6.07) is 10.3. The molecule has 152 valence electrons. The zero-order valence-corrected chi connectivity index (χ0v) is 16.0. The number of aromatic nitrogens is 1. The molecular formula is C22H19FN4O3. The van der Waals surface area contributed by atoms with Gasteiger partial charge in [0.15, 0.2) is 0 Å². The minimum absolute atomic E-state index is 0.141. The predicted molar refractivity (Wildman–Crippen MR) is 108 cm³/mol. The van der Waals surface area contributed by atoms with Crippen LogP contribution in [0.2, 0.25) is 0 Å². The number of nitrogens with one attached hydrogen (secondary N) is 3. The second-order valence-corrected chi connectivity index (χ2v) is 7.60. The predicted octanol–water partition coefficient (Wildman–Crippen LogP) is 2.33. The van der Waals surface area contributed by atoms with Crippen molar-refractivity contribution in [2.24, 2.45) is 0 Å². The third-order valence-electron chi connectivity index (χ3n) is 5.72. The Morgan fingerprint density at radius 1 is 1.17 bits per heavy atom. The smallest absolute Gasteiger partial charge is 0.254 e. The van der Waals surface area contributed by atoms with Crippen LogP contribution in [0.3, 0.4) is 0 Å². The van der Waals surface area contributed by atoms with Gasteiger partial charge in [-0.05, 0) is 30.3 Å². The largest absolute Gasteiger partial charge is 0.358 e. The molecule has 0 saturated carbocycles. The monoisotopic (exact) mass is 406 g/mol. The maximum absolute atomic E-state index is 13.7. The van der Waals surface area contributed by atoms with E-state index in [9.17, 15) is 18.8 Å². The second kappa shape index (κ2) is 6.98. The van der Waals surface area contributed by atoms with Crippen LogP contribution in [0.5, 0.6) is 0 Å². The van der Waals surface area contributed by atoms with Gasteiger partial charge in [-0.15, -0.1) is 0 Å². The molecular weight excluding hydrogens is 387 g/mol. The zero-order chi connectivity index (χ0) is 20.8. The maximum Gasteiger partial charge on any atom is 0.254 e. The second-order valence-electron chi connectivity index (χ2n) is 7.60. The van der Waals surface area contributed by atoms with Crippen LogP contribution in [0, 0.1) is 5.82 Å². The van der Waals surface area contributed by atoms with E-state index in [0.29, 0.717) is 30.8 Å². The number of fused-ring (bicyclic) bond motifs is 4. The Kier molecular flexibility index (Phi) is 4.27. The van der Waals surface area contributed by atoms with E-state index in [1.54, 1.807) is 35.2 Å². The van der Waals surface area contributed by atoms with Gasteiger partial charge in [-0.1, -0.05) is 12.1 Å². The number of aromatic amines is 1. The molecule has 7 nitrogen and oxygen atoms in total. The molecule has 2 aliphatic rings. The van der Waals surface area contributed by atoms with Crippen LogP contribution in [0.4, 0.5) is 10.1 Å². The van der Waals surface area contributed by atoms with Crippen molar-refractivity contribution in [2.45, 2.75) is 25.4 Å². The molecule has 3 amide bonds. The van der Waals surface area contributed by atoms with E-state index in [4.69, 9.17) is 0 Å². The van der Waals surface area contributed by atoms with E-state index < -0.39 is 17.9 Å². The summed E-state index contributed by atoms with van der Waals surface area (Å²) >= 11 is 0. The summed E-state index contributed by atoms with van der Waals surface area (Å²) in [7, 11) is 0. The van der Waals surface area contributed by atoms with E-state index in [1.165, 1.54) is 12.1 Å². The number of para-hydroxylation sites is 1. The lowest BCUT2D eigenvalue weighted by Gasteiger charge is -2.28. The van der Waals surface area contributed by atoms with Gasteiger partial charge in [0.25, 0.3) is 5.91 Å². The summed E-state index contributed by atoms with van der Waals surface area (Å²) in [6.45, 7) is 0.823. The summed E-state index contributed by atoms with van der Waals surface area (Å²) in [5, 5.41) is 6.13. The fourth-order valence-electron chi connectivity index (χ4n) is 4.16. The Morgan fingerprint density at radius 2 is 2.00 bits per heavy atom. The van der Waals surface area contributed by atoms with Crippen molar-refractivity contribution in [3.63, 3.8) is 0 Å². The summed E-state index contributed by atoms with van der Waals surface area (Å²) in [4.78, 5) is 42.9. The molecule has 1 aromatic heterocycles. The highest BCUT2D eigenvalue weighted by atomic mass is 19.1. The number of nitrogens with zero attached hydrogens (tertiary/aromatic N) is 1. The van der Waals surface area contributed by atoms with Gasteiger partial charge in [0.2, 0.25) is 11.8 Å². The van der Waals surface area contributed by atoms with Crippen LogP contribution < -0.4 is 10.6 Å². The molecule has 3 heterocycles. The first-order valence-electron chi connectivity index (χ1n) is 9.77. The van der Waals surface area contributed by atoms with Gasteiger partial charge in [0.05, 0.1) is 17.7 Å². The first-order chi connectivity index (χ1) is 14.5. The van der Waals surface area contributed by atoms with Crippen molar-refractivity contribution < 1.29 is 18.8 Å². The summed E-state index contributed by atoms with van der Waals surface area (Å²) in [5.74, 6) is -1.38. The van der Waals surface area contributed by atoms with Gasteiger partial charge in [-0.2, -0.15) is 0 Å². The lowest BCUT2D eigenvalue weighted by molar-refractivity contribution is -0.134. The number of amides is 3. The molecule has 30 heavy (non-hydrogen) atoms. The first kappa shape index (κ1) is 18.4. The molecule has 0 saturated heterocycles. The average molecular weight is 406 g/mol. The Bertz CT molecular complexity index is 1200. The van der Waals surface area contributed by atoms with Crippen molar-refractivity contribution in [2.75, 3.05) is 11.9 Å². The molecule has 2 aromatic carbocycles. The highest BCUT2D eigenvalue weighted by Crippen LogP contribution is 2.29. The van der Waals surface area contributed by atoms with E-state index in [0.717, 1.165) is 22.2 Å². The fourth-order valence-corrected chi connectivity index (χ4v) is 4.16. The normalized spacial score (nSPS) is 18.3. The van der Waals surface area contributed by atoms with Gasteiger partial charge in [0.1, 0.15) is 11.9 Å². The van der Waals surface area contributed by atoms with E-state index >= 15 is 0 Å². The molecule has 3 N–H and O–H groups in total. The van der Waals surface area contributed by atoms with E-state index in [1.807, 2.05) is 0 Å². The minimum atomic E-state index is -0.959.